The Morgan fingerprint density at radius 3 is 2.85 bits per heavy atom. The first kappa shape index (κ1) is 18.5. The number of likely N-dealkylation sites (tertiary alicyclic amines) is 1. The molecule has 1 saturated heterocycles. The Kier molecular flexibility index (Phi) is 5.06. The quantitative estimate of drug-likeness (QED) is 0.850. The van der Waals surface area contributed by atoms with Crippen molar-refractivity contribution in [1.29, 1.82) is 0 Å². The van der Waals surface area contributed by atoms with Crippen LogP contribution in [0.25, 0.3) is 0 Å². The summed E-state index contributed by atoms with van der Waals surface area (Å²) in [4.78, 5) is 30.3. The van der Waals surface area contributed by atoms with Gasteiger partial charge in [-0.05, 0) is 37.5 Å². The summed E-state index contributed by atoms with van der Waals surface area (Å²) in [5.74, 6) is -2.04. The van der Waals surface area contributed by atoms with Crippen LogP contribution in [0.2, 0.25) is 0 Å². The molecule has 0 spiro atoms. The van der Waals surface area contributed by atoms with Crippen LogP contribution in [0, 0.1) is 18.2 Å². The number of piperidine rings is 1. The van der Waals surface area contributed by atoms with Gasteiger partial charge in [0.25, 0.3) is 5.91 Å². The number of rotatable bonds is 4. The molecule has 2 atom stereocenters. The predicted octanol–water partition coefficient (Wildman–Crippen LogP) is 2.11. The molecule has 1 aromatic carbocycles. The molecule has 0 radical (unpaired) electrons. The predicted molar refractivity (Wildman–Crippen MR) is 93.6 cm³/mol. The van der Waals surface area contributed by atoms with Crippen LogP contribution in [0.4, 0.5) is 4.39 Å². The number of aryl methyl sites for hydroxylation is 1. The second-order valence-corrected chi connectivity index (χ2v) is 7.61. The highest BCUT2D eigenvalue weighted by atomic mass is 32.1. The molecule has 1 aromatic heterocycles. The molecule has 3 rings (SSSR count). The molecular formula is C18H19FN2O4S. The van der Waals surface area contributed by atoms with Gasteiger partial charge in [-0.15, -0.1) is 11.3 Å². The molecule has 0 saturated carbocycles. The first-order valence-electron chi connectivity index (χ1n) is 8.19. The van der Waals surface area contributed by atoms with Gasteiger partial charge in [-0.25, -0.2) is 9.37 Å². The van der Waals surface area contributed by atoms with Crippen molar-refractivity contribution in [2.24, 2.45) is 5.41 Å². The summed E-state index contributed by atoms with van der Waals surface area (Å²) in [6.07, 6.45) is -1.07. The van der Waals surface area contributed by atoms with E-state index in [0.29, 0.717) is 5.56 Å². The van der Waals surface area contributed by atoms with Crippen molar-refractivity contribution in [3.05, 3.63) is 51.7 Å². The fraction of sp³-hybridized carbons (Fsp3) is 0.389. The van der Waals surface area contributed by atoms with E-state index in [1.807, 2.05) is 0 Å². The average molecular weight is 378 g/mol. The normalized spacial score (nSPS) is 23.0. The third-order valence-corrected chi connectivity index (χ3v) is 5.52. The lowest BCUT2D eigenvalue weighted by Crippen LogP contribution is -2.58. The highest BCUT2D eigenvalue weighted by Crippen LogP contribution is 2.35. The minimum Gasteiger partial charge on any atom is -0.481 e. The van der Waals surface area contributed by atoms with Gasteiger partial charge in [-0.2, -0.15) is 0 Å². The van der Waals surface area contributed by atoms with Gasteiger partial charge in [-0.1, -0.05) is 12.1 Å². The maximum atomic E-state index is 13.5. The number of aromatic nitrogens is 1. The van der Waals surface area contributed by atoms with E-state index < -0.39 is 23.3 Å². The molecule has 138 valence electrons. The van der Waals surface area contributed by atoms with Crippen molar-refractivity contribution < 1.29 is 24.2 Å². The summed E-state index contributed by atoms with van der Waals surface area (Å²) in [5.41, 5.74) is -0.855. The minimum absolute atomic E-state index is 0.0683. The smallest absolute Gasteiger partial charge is 0.314 e. The maximum absolute atomic E-state index is 13.5. The highest BCUT2D eigenvalue weighted by Gasteiger charge is 2.50. The van der Waals surface area contributed by atoms with E-state index in [9.17, 15) is 24.2 Å². The molecule has 1 fully saturated rings. The van der Waals surface area contributed by atoms with E-state index in [1.165, 1.54) is 34.4 Å². The van der Waals surface area contributed by atoms with Crippen molar-refractivity contribution >= 4 is 23.2 Å². The number of aliphatic hydroxyl groups excluding tert-OH is 1. The van der Waals surface area contributed by atoms with Crippen LogP contribution in [0.15, 0.2) is 29.6 Å². The maximum Gasteiger partial charge on any atom is 0.314 e. The van der Waals surface area contributed by atoms with Crippen LogP contribution in [0.1, 0.15) is 27.5 Å². The van der Waals surface area contributed by atoms with Gasteiger partial charge in [0.1, 0.15) is 16.9 Å². The first-order valence-corrected chi connectivity index (χ1v) is 9.07. The Bertz CT molecular complexity index is 840. The van der Waals surface area contributed by atoms with Gasteiger partial charge in [0.2, 0.25) is 0 Å². The van der Waals surface area contributed by atoms with Crippen LogP contribution in [0.5, 0.6) is 0 Å². The first-order chi connectivity index (χ1) is 12.3. The number of aliphatic hydroxyl groups is 1. The number of carbonyl (C=O) groups excluding carboxylic acids is 1. The second-order valence-electron chi connectivity index (χ2n) is 6.55. The van der Waals surface area contributed by atoms with Crippen LogP contribution in [-0.4, -0.2) is 51.2 Å². The Morgan fingerprint density at radius 1 is 1.46 bits per heavy atom. The van der Waals surface area contributed by atoms with E-state index >= 15 is 0 Å². The molecule has 26 heavy (non-hydrogen) atoms. The molecule has 6 nitrogen and oxygen atoms in total. The summed E-state index contributed by atoms with van der Waals surface area (Å²) in [6.45, 7) is 1.87. The van der Waals surface area contributed by atoms with E-state index in [2.05, 4.69) is 4.98 Å². The van der Waals surface area contributed by atoms with Crippen LogP contribution in [0.3, 0.4) is 0 Å². The van der Waals surface area contributed by atoms with Crippen LogP contribution >= 0.6 is 11.3 Å². The Morgan fingerprint density at radius 2 is 2.23 bits per heavy atom. The topological polar surface area (TPSA) is 90.7 Å². The number of thiazole rings is 1. The van der Waals surface area contributed by atoms with Crippen LogP contribution in [-0.2, 0) is 11.2 Å². The number of aliphatic carboxylic acids is 1. The SMILES string of the molecule is Cc1nc(C(=O)N2CC[C@H](O)[C@](Cc3cccc(F)c3)(C(=O)O)C2)cs1. The molecule has 0 bridgehead atoms. The molecule has 1 amide bonds. The number of benzene rings is 1. The molecule has 8 heteroatoms. The zero-order valence-electron chi connectivity index (χ0n) is 14.2. The number of hydrogen-bond acceptors (Lipinski definition) is 5. The minimum atomic E-state index is -1.59. The molecule has 2 heterocycles. The number of hydrogen-bond donors (Lipinski definition) is 2. The standard InChI is InChI=1S/C18H19FN2O4S/c1-11-20-14(9-26-11)16(23)21-6-5-15(22)18(10-21,17(24)25)8-12-3-2-4-13(19)7-12/h2-4,7,9,15,22H,5-6,8,10H2,1H3,(H,24,25)/t15-,18+/m0/s1. The summed E-state index contributed by atoms with van der Waals surface area (Å²) in [6, 6.07) is 5.64. The number of nitrogens with zero attached hydrogens (tertiary/aromatic N) is 2. The second kappa shape index (κ2) is 7.13. The molecule has 0 unspecified atom stereocenters. The molecule has 2 aromatic rings. The van der Waals surface area contributed by atoms with Gasteiger partial charge < -0.3 is 15.1 Å². The third-order valence-electron chi connectivity index (χ3n) is 4.74. The molecule has 1 aliphatic rings. The van der Waals surface area contributed by atoms with Gasteiger partial charge >= 0.3 is 5.97 Å². The summed E-state index contributed by atoms with van der Waals surface area (Å²) < 4.78 is 13.5. The lowest BCUT2D eigenvalue weighted by molar-refractivity contribution is -0.161. The van der Waals surface area contributed by atoms with Gasteiger partial charge in [0, 0.05) is 18.5 Å². The Labute approximate surface area is 153 Å². The molecule has 2 N–H and O–H groups in total. The van der Waals surface area contributed by atoms with Gasteiger partial charge in [0.15, 0.2) is 0 Å². The number of amides is 1. The lowest BCUT2D eigenvalue weighted by Gasteiger charge is -2.43. The fourth-order valence-electron chi connectivity index (χ4n) is 3.35. The van der Waals surface area contributed by atoms with Crippen LogP contribution < -0.4 is 0 Å². The average Bonchev–Trinajstić information content (AvgIpc) is 3.02. The summed E-state index contributed by atoms with van der Waals surface area (Å²) >= 11 is 1.34. The van der Waals surface area contributed by atoms with E-state index in [0.717, 1.165) is 5.01 Å². The fourth-order valence-corrected chi connectivity index (χ4v) is 3.93. The summed E-state index contributed by atoms with van der Waals surface area (Å²) in [5, 5.41) is 22.7. The molecule has 0 aliphatic carbocycles. The van der Waals surface area contributed by atoms with Crippen molar-refractivity contribution in [2.75, 3.05) is 13.1 Å². The molecule has 1 aliphatic heterocycles. The summed E-state index contributed by atoms with van der Waals surface area (Å²) in [7, 11) is 0. The number of carbonyl (C=O) groups is 2. The monoisotopic (exact) mass is 378 g/mol. The van der Waals surface area contributed by atoms with Crippen molar-refractivity contribution in [3.63, 3.8) is 0 Å². The van der Waals surface area contributed by atoms with Crippen molar-refractivity contribution in [3.8, 4) is 0 Å². The van der Waals surface area contributed by atoms with Crippen molar-refractivity contribution in [2.45, 2.75) is 25.9 Å². The van der Waals surface area contributed by atoms with Gasteiger partial charge in [-0.3, -0.25) is 9.59 Å². The van der Waals surface area contributed by atoms with E-state index in [4.69, 9.17) is 0 Å². The Balaban J connectivity index is 1.90. The number of carboxylic acid groups (broad SMARTS) is 1. The van der Waals surface area contributed by atoms with E-state index in [1.54, 1.807) is 18.4 Å². The third kappa shape index (κ3) is 3.47. The Hall–Kier alpha value is -2.32. The van der Waals surface area contributed by atoms with Gasteiger partial charge in [0.05, 0.1) is 11.1 Å². The zero-order valence-corrected chi connectivity index (χ0v) is 15.0. The number of halogens is 1. The zero-order chi connectivity index (χ0) is 18.9. The lowest BCUT2D eigenvalue weighted by atomic mass is 9.72. The molecular weight excluding hydrogens is 359 g/mol. The van der Waals surface area contributed by atoms with E-state index in [-0.39, 0.29) is 37.5 Å². The van der Waals surface area contributed by atoms with Crippen molar-refractivity contribution in [1.82, 2.24) is 9.88 Å². The largest absolute Gasteiger partial charge is 0.481 e. The number of carboxylic acids is 1. The highest BCUT2D eigenvalue weighted by molar-refractivity contribution is 7.09.